The van der Waals surface area contributed by atoms with Crippen LogP contribution in [0.25, 0.3) is 0 Å². The van der Waals surface area contributed by atoms with Crippen LogP contribution in [0.1, 0.15) is 0 Å². The van der Waals surface area contributed by atoms with Gasteiger partial charge in [0.1, 0.15) is 12.4 Å². The summed E-state index contributed by atoms with van der Waals surface area (Å²) in [5.41, 5.74) is 6.29. The van der Waals surface area contributed by atoms with Crippen LogP contribution < -0.4 is 10.5 Å². The molecule has 13 heavy (non-hydrogen) atoms. The molecule has 0 aliphatic rings. The van der Waals surface area contributed by atoms with Crippen molar-refractivity contribution < 1.29 is 9.47 Å². The van der Waals surface area contributed by atoms with Crippen molar-refractivity contribution in [2.75, 3.05) is 26.1 Å². The predicted molar refractivity (Wildman–Crippen MR) is 55.9 cm³/mol. The van der Waals surface area contributed by atoms with Crippen LogP contribution in [-0.4, -0.2) is 20.3 Å². The van der Waals surface area contributed by atoms with Crippen molar-refractivity contribution >= 4 is 21.6 Å². The monoisotopic (exact) mass is 245 g/mol. The first-order chi connectivity index (χ1) is 6.24. The van der Waals surface area contributed by atoms with Crippen LogP contribution in [0.4, 0.5) is 5.69 Å². The maximum atomic E-state index is 5.57. The molecule has 0 unspecified atom stereocenters. The van der Waals surface area contributed by atoms with E-state index in [4.69, 9.17) is 15.2 Å². The zero-order chi connectivity index (χ0) is 9.68. The van der Waals surface area contributed by atoms with Crippen LogP contribution in [0, 0.1) is 0 Å². The molecule has 0 saturated heterocycles. The van der Waals surface area contributed by atoms with Crippen molar-refractivity contribution in [3.05, 3.63) is 22.7 Å². The Morgan fingerprint density at radius 2 is 2.15 bits per heavy atom. The largest absolute Gasteiger partial charge is 0.490 e. The van der Waals surface area contributed by atoms with E-state index in [-0.39, 0.29) is 0 Å². The van der Waals surface area contributed by atoms with Gasteiger partial charge in [-0.15, -0.1) is 0 Å². The van der Waals surface area contributed by atoms with Crippen LogP contribution in [0.5, 0.6) is 5.75 Å². The number of ether oxygens (including phenoxy) is 2. The van der Waals surface area contributed by atoms with E-state index in [9.17, 15) is 0 Å². The van der Waals surface area contributed by atoms with Crippen molar-refractivity contribution in [1.82, 2.24) is 0 Å². The van der Waals surface area contributed by atoms with Gasteiger partial charge in [0, 0.05) is 12.8 Å². The summed E-state index contributed by atoms with van der Waals surface area (Å²) in [6, 6.07) is 5.43. The molecule has 0 spiro atoms. The van der Waals surface area contributed by atoms with Crippen molar-refractivity contribution in [2.24, 2.45) is 0 Å². The van der Waals surface area contributed by atoms with Crippen LogP contribution in [0.15, 0.2) is 22.7 Å². The standard InChI is InChI=1S/C9H12BrNO2/c1-12-4-5-13-9-3-2-7(11)6-8(9)10/h2-3,6H,4-5,11H2,1H3. The first-order valence-corrected chi connectivity index (χ1v) is 4.70. The maximum Gasteiger partial charge on any atom is 0.133 e. The van der Waals surface area contributed by atoms with Crippen molar-refractivity contribution in [2.45, 2.75) is 0 Å². The molecule has 0 amide bonds. The van der Waals surface area contributed by atoms with Crippen molar-refractivity contribution in [3.8, 4) is 5.75 Å². The van der Waals surface area contributed by atoms with Crippen molar-refractivity contribution in [3.63, 3.8) is 0 Å². The highest BCUT2D eigenvalue weighted by atomic mass is 79.9. The second-order valence-corrected chi connectivity index (χ2v) is 3.39. The Morgan fingerprint density at radius 1 is 1.38 bits per heavy atom. The Kier molecular flexibility index (Phi) is 4.05. The first-order valence-electron chi connectivity index (χ1n) is 3.91. The van der Waals surface area contributed by atoms with Gasteiger partial charge < -0.3 is 15.2 Å². The molecule has 0 aliphatic carbocycles. The fourth-order valence-corrected chi connectivity index (χ4v) is 1.38. The van der Waals surface area contributed by atoms with E-state index in [1.165, 1.54) is 0 Å². The highest BCUT2D eigenvalue weighted by Crippen LogP contribution is 2.26. The van der Waals surface area contributed by atoms with Gasteiger partial charge in [-0.3, -0.25) is 0 Å². The molecule has 0 radical (unpaired) electrons. The lowest BCUT2D eigenvalue weighted by Crippen LogP contribution is -2.04. The number of rotatable bonds is 4. The maximum absolute atomic E-state index is 5.57. The molecule has 2 N–H and O–H groups in total. The van der Waals surface area contributed by atoms with Gasteiger partial charge in [-0.05, 0) is 34.1 Å². The van der Waals surface area contributed by atoms with Gasteiger partial charge in [0.2, 0.25) is 0 Å². The van der Waals surface area contributed by atoms with E-state index < -0.39 is 0 Å². The quantitative estimate of drug-likeness (QED) is 0.653. The molecule has 1 rings (SSSR count). The van der Waals surface area contributed by atoms with Crippen LogP contribution in [0.3, 0.4) is 0 Å². The Bertz CT molecular complexity index is 278. The molecule has 0 atom stereocenters. The van der Waals surface area contributed by atoms with Crippen LogP contribution in [-0.2, 0) is 4.74 Å². The zero-order valence-electron chi connectivity index (χ0n) is 7.42. The smallest absolute Gasteiger partial charge is 0.133 e. The zero-order valence-corrected chi connectivity index (χ0v) is 9.00. The number of hydrogen-bond acceptors (Lipinski definition) is 3. The van der Waals surface area contributed by atoms with Gasteiger partial charge in [0.05, 0.1) is 11.1 Å². The van der Waals surface area contributed by atoms with Crippen LogP contribution in [0.2, 0.25) is 0 Å². The Morgan fingerprint density at radius 3 is 2.77 bits per heavy atom. The summed E-state index contributed by atoms with van der Waals surface area (Å²) in [6.45, 7) is 1.12. The summed E-state index contributed by atoms with van der Waals surface area (Å²) < 4.78 is 11.1. The highest BCUT2D eigenvalue weighted by Gasteiger charge is 2.00. The molecule has 0 aliphatic heterocycles. The van der Waals surface area contributed by atoms with Gasteiger partial charge in [0.15, 0.2) is 0 Å². The lowest BCUT2D eigenvalue weighted by molar-refractivity contribution is 0.146. The number of methoxy groups -OCH3 is 1. The third kappa shape index (κ3) is 3.24. The molecule has 0 heterocycles. The third-order valence-corrected chi connectivity index (χ3v) is 2.12. The minimum atomic E-state index is 0.541. The SMILES string of the molecule is COCCOc1ccc(N)cc1Br. The van der Waals surface area contributed by atoms with Crippen LogP contribution >= 0.6 is 15.9 Å². The van der Waals surface area contributed by atoms with Gasteiger partial charge in [0.25, 0.3) is 0 Å². The fraction of sp³-hybridized carbons (Fsp3) is 0.333. The molecule has 0 aromatic heterocycles. The van der Waals surface area contributed by atoms with E-state index in [1.807, 2.05) is 12.1 Å². The normalized spacial score (nSPS) is 10.0. The minimum absolute atomic E-state index is 0.541. The summed E-state index contributed by atoms with van der Waals surface area (Å²) in [7, 11) is 1.64. The van der Waals surface area contributed by atoms with E-state index in [0.29, 0.717) is 18.9 Å². The second kappa shape index (κ2) is 5.09. The molecule has 0 fully saturated rings. The number of anilines is 1. The molecule has 4 heteroatoms. The molecular weight excluding hydrogens is 234 g/mol. The molecule has 0 saturated carbocycles. The minimum Gasteiger partial charge on any atom is -0.490 e. The molecule has 0 bridgehead atoms. The summed E-state index contributed by atoms with van der Waals surface area (Å²) in [5, 5.41) is 0. The molecule has 1 aromatic carbocycles. The van der Waals surface area contributed by atoms with E-state index in [1.54, 1.807) is 13.2 Å². The van der Waals surface area contributed by atoms with Gasteiger partial charge in [-0.25, -0.2) is 0 Å². The molecular formula is C9H12BrNO2. The predicted octanol–water partition coefficient (Wildman–Crippen LogP) is 2.06. The Balaban J connectivity index is 2.56. The Labute approximate surface area is 86.0 Å². The summed E-state index contributed by atoms with van der Waals surface area (Å²) in [6.07, 6.45) is 0. The number of hydrogen-bond donors (Lipinski definition) is 1. The molecule has 1 aromatic rings. The number of nitrogen functional groups attached to an aromatic ring is 1. The second-order valence-electron chi connectivity index (χ2n) is 2.53. The lowest BCUT2D eigenvalue weighted by atomic mass is 10.3. The number of halogens is 1. The summed E-state index contributed by atoms with van der Waals surface area (Å²) in [4.78, 5) is 0. The van der Waals surface area contributed by atoms with E-state index in [0.717, 1.165) is 10.2 Å². The highest BCUT2D eigenvalue weighted by molar-refractivity contribution is 9.10. The average Bonchev–Trinajstić information content (AvgIpc) is 2.09. The first kappa shape index (κ1) is 10.3. The fourth-order valence-electron chi connectivity index (χ4n) is 0.869. The average molecular weight is 246 g/mol. The molecule has 3 nitrogen and oxygen atoms in total. The van der Waals surface area contributed by atoms with E-state index in [2.05, 4.69) is 15.9 Å². The Hall–Kier alpha value is -0.740. The molecule has 72 valence electrons. The number of benzene rings is 1. The number of nitrogens with two attached hydrogens (primary N) is 1. The van der Waals surface area contributed by atoms with Crippen molar-refractivity contribution in [1.29, 1.82) is 0 Å². The van der Waals surface area contributed by atoms with E-state index >= 15 is 0 Å². The third-order valence-electron chi connectivity index (χ3n) is 1.50. The lowest BCUT2D eigenvalue weighted by Gasteiger charge is -2.07. The van der Waals surface area contributed by atoms with Gasteiger partial charge in [-0.1, -0.05) is 0 Å². The summed E-state index contributed by atoms with van der Waals surface area (Å²) >= 11 is 3.35. The van der Waals surface area contributed by atoms with Gasteiger partial charge in [-0.2, -0.15) is 0 Å². The summed E-state index contributed by atoms with van der Waals surface area (Å²) in [5.74, 6) is 0.784. The topological polar surface area (TPSA) is 44.5 Å². The van der Waals surface area contributed by atoms with Gasteiger partial charge >= 0.3 is 0 Å².